The van der Waals surface area contributed by atoms with Gasteiger partial charge in [0.15, 0.2) is 5.16 Å². The summed E-state index contributed by atoms with van der Waals surface area (Å²) in [4.78, 5) is 12.2. The largest absolute Gasteiger partial charge is 0.377 e. The van der Waals surface area contributed by atoms with E-state index in [1.54, 1.807) is 11.8 Å². The van der Waals surface area contributed by atoms with Crippen LogP contribution in [-0.2, 0) is 23.0 Å². The van der Waals surface area contributed by atoms with Gasteiger partial charge >= 0.3 is 0 Å². The Bertz CT molecular complexity index is 537. The summed E-state index contributed by atoms with van der Waals surface area (Å²) in [5.74, 6) is 2.29. The van der Waals surface area contributed by atoms with Crippen molar-refractivity contribution in [1.29, 1.82) is 0 Å². The molecular formula is C17H28N4O2S. The Kier molecular flexibility index (Phi) is 6.54. The van der Waals surface area contributed by atoms with E-state index in [0.29, 0.717) is 12.6 Å². The number of rotatable bonds is 7. The Morgan fingerprint density at radius 2 is 2.08 bits per heavy atom. The summed E-state index contributed by atoms with van der Waals surface area (Å²) in [6.45, 7) is 1.52. The predicted octanol–water partition coefficient (Wildman–Crippen LogP) is 2.33. The van der Waals surface area contributed by atoms with E-state index in [-0.39, 0.29) is 11.8 Å². The van der Waals surface area contributed by atoms with Crippen LogP contribution >= 0.6 is 11.8 Å². The number of aromatic nitrogens is 3. The summed E-state index contributed by atoms with van der Waals surface area (Å²) in [7, 11) is 2.00. The molecule has 7 heteroatoms. The molecule has 1 aromatic rings. The molecule has 6 nitrogen and oxygen atoms in total. The van der Waals surface area contributed by atoms with Gasteiger partial charge in [-0.25, -0.2) is 0 Å². The van der Waals surface area contributed by atoms with Crippen molar-refractivity contribution < 1.29 is 9.53 Å². The highest BCUT2D eigenvalue weighted by Crippen LogP contribution is 2.24. The highest BCUT2D eigenvalue weighted by Gasteiger charge is 2.21. The second-order valence-corrected chi connectivity index (χ2v) is 7.77. The van der Waals surface area contributed by atoms with Crippen molar-refractivity contribution in [3.05, 3.63) is 5.82 Å². The minimum atomic E-state index is 0.213. The summed E-state index contributed by atoms with van der Waals surface area (Å²) in [6, 6.07) is 0. The van der Waals surface area contributed by atoms with E-state index in [1.165, 1.54) is 19.3 Å². The lowest BCUT2D eigenvalue weighted by atomic mass is 9.89. The highest BCUT2D eigenvalue weighted by atomic mass is 32.2. The molecule has 0 unspecified atom stereocenters. The molecule has 1 aromatic heterocycles. The van der Waals surface area contributed by atoms with Crippen molar-refractivity contribution in [3.63, 3.8) is 0 Å². The van der Waals surface area contributed by atoms with Crippen LogP contribution in [0.15, 0.2) is 5.16 Å². The molecule has 1 N–H and O–H groups in total. The van der Waals surface area contributed by atoms with Crippen LogP contribution in [0.25, 0.3) is 0 Å². The molecule has 134 valence electrons. The van der Waals surface area contributed by atoms with Gasteiger partial charge in [-0.15, -0.1) is 10.2 Å². The number of nitrogens with one attached hydrogen (secondary N) is 1. The second kappa shape index (κ2) is 8.85. The third-order valence-corrected chi connectivity index (χ3v) is 6.12. The number of ether oxygens (including phenoxy) is 1. The molecule has 0 bridgehead atoms. The van der Waals surface area contributed by atoms with E-state index in [4.69, 9.17) is 4.74 Å². The molecule has 2 fully saturated rings. The molecule has 0 radical (unpaired) electrons. The third kappa shape index (κ3) is 4.72. The molecule has 2 heterocycles. The van der Waals surface area contributed by atoms with Crippen molar-refractivity contribution in [2.24, 2.45) is 13.0 Å². The molecule has 0 aromatic carbocycles. The lowest BCUT2D eigenvalue weighted by Gasteiger charge is -2.20. The topological polar surface area (TPSA) is 69.0 Å². The number of carbonyl (C=O) groups is 1. The van der Waals surface area contributed by atoms with Gasteiger partial charge in [-0.3, -0.25) is 4.79 Å². The monoisotopic (exact) mass is 352 g/mol. The van der Waals surface area contributed by atoms with E-state index in [9.17, 15) is 4.79 Å². The van der Waals surface area contributed by atoms with E-state index in [2.05, 4.69) is 15.5 Å². The summed E-state index contributed by atoms with van der Waals surface area (Å²) in [6.07, 6.45) is 9.11. The lowest BCUT2D eigenvalue weighted by molar-refractivity contribution is -0.125. The molecule has 1 saturated carbocycles. The summed E-state index contributed by atoms with van der Waals surface area (Å²) < 4.78 is 7.68. The summed E-state index contributed by atoms with van der Waals surface area (Å²) >= 11 is 1.70. The first-order chi connectivity index (χ1) is 11.7. The van der Waals surface area contributed by atoms with Crippen molar-refractivity contribution in [1.82, 2.24) is 20.1 Å². The average molecular weight is 353 g/mol. The van der Waals surface area contributed by atoms with Gasteiger partial charge in [0.2, 0.25) is 5.91 Å². The number of nitrogens with zero attached hydrogens (tertiary/aromatic N) is 3. The fourth-order valence-corrected chi connectivity index (χ4v) is 4.43. The zero-order chi connectivity index (χ0) is 16.8. The van der Waals surface area contributed by atoms with Gasteiger partial charge < -0.3 is 14.6 Å². The molecule has 1 saturated heterocycles. The van der Waals surface area contributed by atoms with Gasteiger partial charge in [-0.2, -0.15) is 0 Å². The van der Waals surface area contributed by atoms with E-state index < -0.39 is 0 Å². The van der Waals surface area contributed by atoms with Crippen LogP contribution in [0.2, 0.25) is 0 Å². The normalized spacial score (nSPS) is 22.0. The SMILES string of the molecule is Cn1c(CCNC(=O)C2CCCCC2)nnc1SC[C@@H]1CCCO1. The van der Waals surface area contributed by atoms with Crippen LogP contribution in [0.1, 0.15) is 50.8 Å². The van der Waals surface area contributed by atoms with Crippen LogP contribution in [0.4, 0.5) is 0 Å². The van der Waals surface area contributed by atoms with Crippen molar-refractivity contribution in [2.45, 2.75) is 62.6 Å². The van der Waals surface area contributed by atoms with Gasteiger partial charge in [0, 0.05) is 38.3 Å². The number of hydrogen-bond acceptors (Lipinski definition) is 5. The minimum absolute atomic E-state index is 0.213. The minimum Gasteiger partial charge on any atom is -0.377 e. The maximum Gasteiger partial charge on any atom is 0.223 e. The Labute approximate surface area is 148 Å². The first-order valence-corrected chi connectivity index (χ1v) is 10.1. The molecule has 0 spiro atoms. The molecule has 3 rings (SSSR count). The maximum atomic E-state index is 12.2. The van der Waals surface area contributed by atoms with Crippen LogP contribution in [-0.4, -0.2) is 45.7 Å². The second-order valence-electron chi connectivity index (χ2n) is 6.78. The molecule has 1 amide bonds. The summed E-state index contributed by atoms with van der Waals surface area (Å²) in [5.41, 5.74) is 0. The van der Waals surface area contributed by atoms with Gasteiger partial charge in [-0.1, -0.05) is 31.0 Å². The van der Waals surface area contributed by atoms with E-state index in [0.717, 1.165) is 55.4 Å². The van der Waals surface area contributed by atoms with Crippen molar-refractivity contribution in [3.8, 4) is 0 Å². The van der Waals surface area contributed by atoms with Gasteiger partial charge in [0.05, 0.1) is 6.10 Å². The number of carbonyl (C=O) groups excluding carboxylic acids is 1. The maximum absolute atomic E-state index is 12.2. The zero-order valence-corrected chi connectivity index (χ0v) is 15.3. The first-order valence-electron chi connectivity index (χ1n) is 9.14. The molecule has 2 aliphatic rings. The standard InChI is InChI=1S/C17H28N4O2S/c1-21-15(9-10-18-16(22)13-6-3-2-4-7-13)19-20-17(21)24-12-14-8-5-11-23-14/h13-14H,2-12H2,1H3,(H,18,22)/t14-/m0/s1. The average Bonchev–Trinajstić information content (AvgIpc) is 3.24. The third-order valence-electron chi connectivity index (χ3n) is 4.97. The van der Waals surface area contributed by atoms with Crippen LogP contribution < -0.4 is 5.32 Å². The Morgan fingerprint density at radius 3 is 2.83 bits per heavy atom. The Balaban J connectivity index is 1.41. The van der Waals surface area contributed by atoms with Gasteiger partial charge in [0.1, 0.15) is 5.82 Å². The highest BCUT2D eigenvalue weighted by molar-refractivity contribution is 7.99. The molecule has 1 aliphatic carbocycles. The summed E-state index contributed by atoms with van der Waals surface area (Å²) in [5, 5.41) is 12.5. The first kappa shape index (κ1) is 17.7. The van der Waals surface area contributed by atoms with Crippen molar-refractivity contribution in [2.75, 3.05) is 18.9 Å². The fourth-order valence-electron chi connectivity index (χ4n) is 3.44. The molecule has 24 heavy (non-hydrogen) atoms. The van der Waals surface area contributed by atoms with Crippen LogP contribution in [0, 0.1) is 5.92 Å². The quantitative estimate of drug-likeness (QED) is 0.763. The smallest absolute Gasteiger partial charge is 0.223 e. The number of thioether (sulfide) groups is 1. The van der Waals surface area contributed by atoms with E-state index >= 15 is 0 Å². The molecule has 1 aliphatic heterocycles. The predicted molar refractivity (Wildman–Crippen MR) is 94.0 cm³/mol. The van der Waals surface area contributed by atoms with Gasteiger partial charge in [-0.05, 0) is 25.7 Å². The van der Waals surface area contributed by atoms with Crippen molar-refractivity contribution >= 4 is 17.7 Å². The Morgan fingerprint density at radius 1 is 1.25 bits per heavy atom. The van der Waals surface area contributed by atoms with Gasteiger partial charge in [0.25, 0.3) is 0 Å². The number of hydrogen-bond donors (Lipinski definition) is 1. The molecule has 1 atom stereocenters. The lowest BCUT2D eigenvalue weighted by Crippen LogP contribution is -2.33. The number of amides is 1. The van der Waals surface area contributed by atoms with Crippen LogP contribution in [0.3, 0.4) is 0 Å². The fraction of sp³-hybridized carbons (Fsp3) is 0.824. The zero-order valence-electron chi connectivity index (χ0n) is 14.5. The Hall–Kier alpha value is -1.08. The molecular weight excluding hydrogens is 324 g/mol. The van der Waals surface area contributed by atoms with E-state index in [1.807, 2.05) is 11.6 Å². The van der Waals surface area contributed by atoms with Crippen LogP contribution in [0.5, 0.6) is 0 Å².